The van der Waals surface area contributed by atoms with Crippen LogP contribution in [0.5, 0.6) is 0 Å². The zero-order valence-electron chi connectivity index (χ0n) is 17.0. The summed E-state index contributed by atoms with van der Waals surface area (Å²) >= 11 is 0. The molecule has 1 fully saturated rings. The Morgan fingerprint density at radius 3 is 2.55 bits per heavy atom. The quantitative estimate of drug-likeness (QED) is 0.720. The van der Waals surface area contributed by atoms with Gasteiger partial charge in [-0.3, -0.25) is 19.3 Å². The molecule has 162 valence electrons. The third kappa shape index (κ3) is 5.11. The maximum absolute atomic E-state index is 12.6. The van der Waals surface area contributed by atoms with Crippen molar-refractivity contribution in [3.63, 3.8) is 0 Å². The molecular weight excluding hydrogens is 416 g/mol. The fourth-order valence-electron chi connectivity index (χ4n) is 3.63. The Morgan fingerprint density at radius 1 is 1.06 bits per heavy atom. The van der Waals surface area contributed by atoms with E-state index < -0.39 is 10.0 Å². The summed E-state index contributed by atoms with van der Waals surface area (Å²) in [5.74, 6) is 0.280. The van der Waals surface area contributed by atoms with E-state index in [4.69, 9.17) is 0 Å². The van der Waals surface area contributed by atoms with E-state index in [0.29, 0.717) is 43.0 Å². The number of anilines is 1. The number of hydrogen-bond acceptors (Lipinski definition) is 5. The molecule has 8 nitrogen and oxygen atoms in total. The molecule has 0 radical (unpaired) electrons. The summed E-state index contributed by atoms with van der Waals surface area (Å²) in [5.41, 5.74) is 1.79. The number of benzene rings is 2. The molecule has 1 saturated heterocycles. The summed E-state index contributed by atoms with van der Waals surface area (Å²) < 4.78 is 27.6. The zero-order valence-corrected chi connectivity index (χ0v) is 17.8. The molecule has 0 unspecified atom stereocenters. The first-order chi connectivity index (χ1) is 14.9. The van der Waals surface area contributed by atoms with Gasteiger partial charge in [0.2, 0.25) is 5.91 Å². The number of rotatable bonds is 6. The highest BCUT2D eigenvalue weighted by Gasteiger charge is 2.21. The number of sulfonamides is 1. The second-order valence-corrected chi connectivity index (χ2v) is 9.32. The summed E-state index contributed by atoms with van der Waals surface area (Å²) in [6.45, 7) is 1.93. The minimum Gasteiger partial charge on any atom is -0.338 e. The first kappa shape index (κ1) is 21.0. The molecule has 2 N–H and O–H groups in total. The van der Waals surface area contributed by atoms with Crippen molar-refractivity contribution < 1.29 is 18.0 Å². The topological polar surface area (TPSA) is 108 Å². The van der Waals surface area contributed by atoms with Crippen molar-refractivity contribution in [1.82, 2.24) is 9.62 Å². The van der Waals surface area contributed by atoms with E-state index in [1.54, 1.807) is 24.3 Å². The van der Waals surface area contributed by atoms with Gasteiger partial charge in [-0.25, -0.2) is 8.42 Å². The molecule has 0 spiro atoms. The molecule has 0 atom stereocenters. The van der Waals surface area contributed by atoms with Gasteiger partial charge in [-0.15, -0.1) is 0 Å². The van der Waals surface area contributed by atoms with Crippen LogP contribution in [-0.2, 0) is 21.4 Å². The van der Waals surface area contributed by atoms with Crippen molar-refractivity contribution in [3.8, 4) is 0 Å². The molecule has 4 rings (SSSR count). The lowest BCUT2D eigenvalue weighted by Gasteiger charge is -2.15. The van der Waals surface area contributed by atoms with Crippen LogP contribution in [0.25, 0.3) is 0 Å². The number of likely N-dealkylation sites (tertiary alicyclic amines) is 1. The predicted octanol–water partition coefficient (Wildman–Crippen LogP) is 2.53. The summed E-state index contributed by atoms with van der Waals surface area (Å²) in [4.78, 5) is 30.4. The summed E-state index contributed by atoms with van der Waals surface area (Å²) in [7, 11) is -3.75. The van der Waals surface area contributed by atoms with Gasteiger partial charge in [-0.05, 0) is 48.7 Å². The minimum atomic E-state index is -3.75. The number of carbonyl (C=O) groups is 2. The fourth-order valence-corrected chi connectivity index (χ4v) is 4.77. The number of nitrogens with one attached hydrogen (secondary N) is 2. The lowest BCUT2D eigenvalue weighted by molar-refractivity contribution is -0.128. The second-order valence-electron chi connectivity index (χ2n) is 7.64. The maximum Gasteiger partial charge on any atom is 0.262 e. The van der Waals surface area contributed by atoms with E-state index in [9.17, 15) is 18.0 Å². The van der Waals surface area contributed by atoms with Gasteiger partial charge in [0.15, 0.2) is 0 Å². The number of amides is 2. The molecule has 0 aliphatic carbocycles. The van der Waals surface area contributed by atoms with Crippen molar-refractivity contribution in [2.24, 2.45) is 4.99 Å². The Balaban J connectivity index is 1.41. The van der Waals surface area contributed by atoms with Gasteiger partial charge in [-0.2, -0.15) is 0 Å². The Labute approximate surface area is 181 Å². The molecule has 31 heavy (non-hydrogen) atoms. The third-order valence-corrected chi connectivity index (χ3v) is 6.67. The van der Waals surface area contributed by atoms with E-state index in [0.717, 1.165) is 24.9 Å². The summed E-state index contributed by atoms with van der Waals surface area (Å²) in [6.07, 6.45) is 2.93. The molecule has 0 saturated carbocycles. The van der Waals surface area contributed by atoms with E-state index in [2.05, 4.69) is 15.0 Å². The summed E-state index contributed by atoms with van der Waals surface area (Å²) in [6, 6.07) is 13.2. The zero-order chi connectivity index (χ0) is 21.8. The van der Waals surface area contributed by atoms with Crippen LogP contribution in [0, 0.1) is 0 Å². The van der Waals surface area contributed by atoms with Gasteiger partial charge in [0, 0.05) is 43.7 Å². The highest BCUT2D eigenvalue weighted by Crippen LogP contribution is 2.18. The van der Waals surface area contributed by atoms with Crippen LogP contribution in [0.1, 0.15) is 41.6 Å². The molecule has 2 aliphatic heterocycles. The van der Waals surface area contributed by atoms with Gasteiger partial charge in [0.05, 0.1) is 4.90 Å². The lowest BCUT2D eigenvalue weighted by Crippen LogP contribution is -2.29. The van der Waals surface area contributed by atoms with Crippen LogP contribution >= 0.6 is 0 Å². The number of carbonyl (C=O) groups excluding carboxylic acids is 2. The number of hydrogen-bond donors (Lipinski definition) is 2. The van der Waals surface area contributed by atoms with Crippen molar-refractivity contribution in [2.75, 3.05) is 18.4 Å². The van der Waals surface area contributed by atoms with Crippen LogP contribution in [0.4, 0.5) is 5.69 Å². The first-order valence-corrected chi connectivity index (χ1v) is 11.7. The van der Waals surface area contributed by atoms with Crippen LogP contribution in [0.2, 0.25) is 0 Å². The standard InChI is InChI=1S/C22H24N4O4S/c27-21-7-3-13-26(21)15-16-8-10-17(11-9-16)22(28)24-18-4-1-5-19(14-18)31(29,30)25-20-6-2-12-23-20/h1,4-5,8-11,14H,2-3,6-7,12-13,15H2,(H,23,25)(H,24,28). The SMILES string of the molecule is O=C(Nc1cccc(S(=O)(=O)NC2=NCCC2)c1)c1ccc(CN2CCCC2=O)cc1. The van der Waals surface area contributed by atoms with Crippen molar-refractivity contribution in [3.05, 3.63) is 59.7 Å². The van der Waals surface area contributed by atoms with E-state index in [-0.39, 0.29) is 16.7 Å². The van der Waals surface area contributed by atoms with Gasteiger partial charge < -0.3 is 10.2 Å². The Hall–Kier alpha value is -3.20. The van der Waals surface area contributed by atoms with Crippen molar-refractivity contribution in [2.45, 2.75) is 37.1 Å². The van der Waals surface area contributed by atoms with Gasteiger partial charge >= 0.3 is 0 Å². The Bertz CT molecular complexity index is 1130. The minimum absolute atomic E-state index is 0.0607. The molecular formula is C22H24N4O4S. The molecule has 2 heterocycles. The maximum atomic E-state index is 12.6. The Morgan fingerprint density at radius 2 is 1.87 bits per heavy atom. The second kappa shape index (κ2) is 8.89. The molecule has 2 aromatic rings. The fraction of sp³-hybridized carbons (Fsp3) is 0.318. The molecule has 2 aliphatic rings. The van der Waals surface area contributed by atoms with E-state index in [1.165, 1.54) is 12.1 Å². The van der Waals surface area contributed by atoms with Crippen LogP contribution in [0.15, 0.2) is 58.4 Å². The monoisotopic (exact) mass is 440 g/mol. The van der Waals surface area contributed by atoms with Crippen LogP contribution < -0.4 is 10.0 Å². The molecule has 0 bridgehead atoms. The van der Waals surface area contributed by atoms with E-state index in [1.807, 2.05) is 17.0 Å². The lowest BCUT2D eigenvalue weighted by atomic mass is 10.1. The van der Waals surface area contributed by atoms with Gasteiger partial charge in [0.1, 0.15) is 5.84 Å². The Kier molecular flexibility index (Phi) is 6.03. The van der Waals surface area contributed by atoms with Crippen molar-refractivity contribution >= 4 is 33.4 Å². The number of aliphatic imine (C=N–C) groups is 1. The first-order valence-electron chi connectivity index (χ1n) is 10.2. The molecule has 2 aromatic carbocycles. The van der Waals surface area contributed by atoms with Gasteiger partial charge in [0.25, 0.3) is 15.9 Å². The highest BCUT2D eigenvalue weighted by atomic mass is 32.2. The van der Waals surface area contributed by atoms with E-state index >= 15 is 0 Å². The smallest absolute Gasteiger partial charge is 0.262 e. The highest BCUT2D eigenvalue weighted by molar-refractivity contribution is 7.90. The summed E-state index contributed by atoms with van der Waals surface area (Å²) in [5, 5.41) is 2.74. The molecule has 0 aromatic heterocycles. The molecule has 2 amide bonds. The average Bonchev–Trinajstić information content (AvgIpc) is 3.40. The number of nitrogens with zero attached hydrogens (tertiary/aromatic N) is 2. The van der Waals surface area contributed by atoms with Crippen LogP contribution in [0.3, 0.4) is 0 Å². The largest absolute Gasteiger partial charge is 0.338 e. The number of amidine groups is 1. The van der Waals surface area contributed by atoms with Crippen molar-refractivity contribution in [1.29, 1.82) is 0 Å². The third-order valence-electron chi connectivity index (χ3n) is 5.29. The van der Waals surface area contributed by atoms with Gasteiger partial charge in [-0.1, -0.05) is 18.2 Å². The van der Waals surface area contributed by atoms with Crippen LogP contribution in [-0.4, -0.2) is 44.1 Å². The molecule has 9 heteroatoms. The normalized spacial score (nSPS) is 16.3. The average molecular weight is 441 g/mol. The predicted molar refractivity (Wildman–Crippen MR) is 117 cm³/mol.